The van der Waals surface area contributed by atoms with Crippen molar-refractivity contribution in [3.8, 4) is 0 Å². The summed E-state index contributed by atoms with van der Waals surface area (Å²) in [6.07, 6.45) is 2.36. The number of rotatable bonds is 5. The van der Waals surface area contributed by atoms with Gasteiger partial charge in [0.05, 0.1) is 18.9 Å². The number of nitrogens with zero attached hydrogens (tertiary/aromatic N) is 3. The van der Waals surface area contributed by atoms with Gasteiger partial charge in [0.25, 0.3) is 5.91 Å². The predicted molar refractivity (Wildman–Crippen MR) is 93.9 cm³/mol. The van der Waals surface area contributed by atoms with Gasteiger partial charge in [0.15, 0.2) is 0 Å². The lowest BCUT2D eigenvalue weighted by Crippen LogP contribution is -2.37. The summed E-state index contributed by atoms with van der Waals surface area (Å²) in [5, 5.41) is 6.96. The Hall–Kier alpha value is -2.41. The first-order chi connectivity index (χ1) is 12.0. The zero-order valence-electron chi connectivity index (χ0n) is 14.9. The summed E-state index contributed by atoms with van der Waals surface area (Å²) in [7, 11) is 0. The van der Waals surface area contributed by atoms with E-state index < -0.39 is 0 Å². The number of anilines is 1. The molecule has 0 unspecified atom stereocenters. The number of nitrogens with one attached hydrogen (secondary N) is 1. The van der Waals surface area contributed by atoms with Crippen LogP contribution in [0.4, 0.5) is 5.69 Å². The number of amides is 1. The highest BCUT2D eigenvalue weighted by atomic mass is 16.5. The number of hydrogen-bond acceptors (Lipinski definition) is 6. The van der Waals surface area contributed by atoms with E-state index in [-0.39, 0.29) is 11.9 Å². The van der Waals surface area contributed by atoms with Crippen LogP contribution >= 0.6 is 0 Å². The summed E-state index contributed by atoms with van der Waals surface area (Å²) in [6, 6.07) is 3.72. The van der Waals surface area contributed by atoms with E-state index in [2.05, 4.69) is 20.4 Å². The Morgan fingerprint density at radius 3 is 2.80 bits per heavy atom. The fourth-order valence-electron chi connectivity index (χ4n) is 3.01. The highest BCUT2D eigenvalue weighted by Gasteiger charge is 2.18. The standard InChI is InChI=1S/C18H24N4O3/c1-12(10-16-13(2)21-25-14(16)3)20-18(23)17-11-15(4-5-19-17)22-6-8-24-9-7-22/h4-5,11-12H,6-10H2,1-3H3,(H,20,23)/t12-/m1/s1. The van der Waals surface area contributed by atoms with Gasteiger partial charge in [-0.1, -0.05) is 5.16 Å². The Morgan fingerprint density at radius 1 is 1.36 bits per heavy atom. The van der Waals surface area contributed by atoms with Crippen molar-refractivity contribution in [1.29, 1.82) is 0 Å². The molecule has 0 radical (unpaired) electrons. The minimum atomic E-state index is -0.172. The molecule has 1 amide bonds. The van der Waals surface area contributed by atoms with E-state index in [1.54, 1.807) is 6.20 Å². The first kappa shape index (κ1) is 17.4. The van der Waals surface area contributed by atoms with Crippen molar-refractivity contribution in [3.63, 3.8) is 0 Å². The highest BCUT2D eigenvalue weighted by Crippen LogP contribution is 2.17. The van der Waals surface area contributed by atoms with Crippen LogP contribution < -0.4 is 10.2 Å². The lowest BCUT2D eigenvalue weighted by molar-refractivity contribution is 0.0935. The third-order valence-electron chi connectivity index (χ3n) is 4.42. The van der Waals surface area contributed by atoms with Crippen molar-refractivity contribution < 1.29 is 14.1 Å². The maximum Gasteiger partial charge on any atom is 0.270 e. The van der Waals surface area contributed by atoms with Crippen LogP contribution in [0.1, 0.15) is 34.4 Å². The second kappa shape index (κ2) is 7.65. The number of carbonyl (C=O) groups excluding carboxylic acids is 1. The smallest absolute Gasteiger partial charge is 0.270 e. The van der Waals surface area contributed by atoms with Crippen LogP contribution in [0, 0.1) is 13.8 Å². The second-order valence-electron chi connectivity index (χ2n) is 6.38. The van der Waals surface area contributed by atoms with Gasteiger partial charge in [-0.2, -0.15) is 0 Å². The minimum absolute atomic E-state index is 0.0434. The van der Waals surface area contributed by atoms with Gasteiger partial charge in [0.1, 0.15) is 11.5 Å². The first-order valence-electron chi connectivity index (χ1n) is 8.56. The van der Waals surface area contributed by atoms with Crippen molar-refractivity contribution in [3.05, 3.63) is 41.0 Å². The maximum absolute atomic E-state index is 12.5. The molecule has 1 saturated heterocycles. The summed E-state index contributed by atoms with van der Waals surface area (Å²) in [6.45, 7) is 8.83. The Balaban J connectivity index is 1.64. The predicted octanol–water partition coefficient (Wildman–Crippen LogP) is 1.88. The summed E-state index contributed by atoms with van der Waals surface area (Å²) in [5.41, 5.74) is 3.34. The van der Waals surface area contributed by atoms with Crippen LogP contribution in [-0.4, -0.2) is 48.4 Å². The number of aryl methyl sites for hydroxylation is 2. The minimum Gasteiger partial charge on any atom is -0.378 e. The topological polar surface area (TPSA) is 80.5 Å². The van der Waals surface area contributed by atoms with Gasteiger partial charge in [0, 0.05) is 36.6 Å². The molecule has 1 aliphatic rings. The Labute approximate surface area is 147 Å². The van der Waals surface area contributed by atoms with Crippen molar-refractivity contribution in [1.82, 2.24) is 15.5 Å². The molecule has 0 aliphatic carbocycles. The average molecular weight is 344 g/mol. The molecule has 0 spiro atoms. The van der Waals surface area contributed by atoms with Crippen molar-refractivity contribution in [2.24, 2.45) is 0 Å². The molecule has 2 aromatic rings. The number of hydrogen-bond donors (Lipinski definition) is 1. The number of morpholine rings is 1. The maximum atomic E-state index is 12.5. The fourth-order valence-corrected chi connectivity index (χ4v) is 3.01. The molecule has 1 N–H and O–H groups in total. The van der Waals surface area contributed by atoms with Gasteiger partial charge in [-0.15, -0.1) is 0 Å². The molecular weight excluding hydrogens is 320 g/mol. The van der Waals surface area contributed by atoms with Crippen LogP contribution in [0.2, 0.25) is 0 Å². The molecule has 7 heteroatoms. The van der Waals surface area contributed by atoms with E-state index in [0.717, 1.165) is 35.8 Å². The number of aromatic nitrogens is 2. The molecule has 3 heterocycles. The lowest BCUT2D eigenvalue weighted by atomic mass is 10.1. The molecule has 0 bridgehead atoms. The molecule has 134 valence electrons. The van der Waals surface area contributed by atoms with Gasteiger partial charge in [-0.05, 0) is 39.3 Å². The van der Waals surface area contributed by atoms with Gasteiger partial charge in [0.2, 0.25) is 0 Å². The zero-order valence-corrected chi connectivity index (χ0v) is 14.9. The van der Waals surface area contributed by atoms with Crippen LogP contribution in [0.15, 0.2) is 22.9 Å². The van der Waals surface area contributed by atoms with E-state index in [4.69, 9.17) is 9.26 Å². The Morgan fingerprint density at radius 2 is 2.12 bits per heavy atom. The summed E-state index contributed by atoms with van der Waals surface area (Å²) < 4.78 is 10.5. The van der Waals surface area contributed by atoms with E-state index in [0.29, 0.717) is 25.3 Å². The molecular formula is C18H24N4O3. The number of pyridine rings is 1. The van der Waals surface area contributed by atoms with Gasteiger partial charge in [-0.3, -0.25) is 9.78 Å². The van der Waals surface area contributed by atoms with E-state index in [1.165, 1.54) is 0 Å². The Kier molecular flexibility index (Phi) is 5.33. The van der Waals surface area contributed by atoms with Crippen LogP contribution in [0.25, 0.3) is 0 Å². The summed E-state index contributed by atoms with van der Waals surface area (Å²) in [4.78, 5) is 19.0. The zero-order chi connectivity index (χ0) is 17.8. The van der Waals surface area contributed by atoms with Crippen LogP contribution in [0.5, 0.6) is 0 Å². The molecule has 1 atom stereocenters. The van der Waals surface area contributed by atoms with E-state index in [9.17, 15) is 4.79 Å². The molecule has 0 aromatic carbocycles. The number of carbonyl (C=O) groups is 1. The number of ether oxygens (including phenoxy) is 1. The van der Waals surface area contributed by atoms with Gasteiger partial charge >= 0.3 is 0 Å². The van der Waals surface area contributed by atoms with Crippen molar-refractivity contribution in [2.75, 3.05) is 31.2 Å². The molecule has 1 aliphatic heterocycles. The molecule has 7 nitrogen and oxygen atoms in total. The van der Waals surface area contributed by atoms with Crippen molar-refractivity contribution >= 4 is 11.6 Å². The monoisotopic (exact) mass is 344 g/mol. The Bertz CT molecular complexity index is 718. The SMILES string of the molecule is Cc1noc(C)c1C[C@@H](C)NC(=O)c1cc(N2CCOCC2)ccn1. The average Bonchev–Trinajstić information content (AvgIpc) is 2.94. The molecule has 25 heavy (non-hydrogen) atoms. The summed E-state index contributed by atoms with van der Waals surface area (Å²) in [5.74, 6) is 0.625. The molecule has 3 rings (SSSR count). The fraction of sp³-hybridized carbons (Fsp3) is 0.500. The van der Waals surface area contributed by atoms with Crippen LogP contribution in [0.3, 0.4) is 0 Å². The van der Waals surface area contributed by atoms with Gasteiger partial charge in [-0.25, -0.2) is 0 Å². The summed E-state index contributed by atoms with van der Waals surface area (Å²) >= 11 is 0. The van der Waals surface area contributed by atoms with Crippen LogP contribution in [-0.2, 0) is 11.2 Å². The molecule has 1 fully saturated rings. The normalized spacial score (nSPS) is 15.9. The first-order valence-corrected chi connectivity index (χ1v) is 8.56. The van der Waals surface area contributed by atoms with E-state index >= 15 is 0 Å². The highest BCUT2D eigenvalue weighted by molar-refractivity contribution is 5.93. The third-order valence-corrected chi connectivity index (χ3v) is 4.42. The van der Waals surface area contributed by atoms with Gasteiger partial charge < -0.3 is 19.5 Å². The largest absolute Gasteiger partial charge is 0.378 e. The quantitative estimate of drug-likeness (QED) is 0.892. The molecule has 2 aromatic heterocycles. The third kappa shape index (κ3) is 4.17. The lowest BCUT2D eigenvalue weighted by Gasteiger charge is -2.28. The van der Waals surface area contributed by atoms with Crippen molar-refractivity contribution in [2.45, 2.75) is 33.2 Å². The van der Waals surface area contributed by atoms with E-state index in [1.807, 2.05) is 32.9 Å². The second-order valence-corrected chi connectivity index (χ2v) is 6.38. The molecule has 0 saturated carbocycles.